The number of halogens is 1. The van der Waals surface area contributed by atoms with Gasteiger partial charge in [0.05, 0.1) is 6.42 Å². The predicted octanol–water partition coefficient (Wildman–Crippen LogP) is 5.17. The summed E-state index contributed by atoms with van der Waals surface area (Å²) in [6.45, 7) is 1.70. The van der Waals surface area contributed by atoms with E-state index in [0.717, 1.165) is 14.9 Å². The SMILES string of the molecule is CC(CC(=O)Nc1ccc(Nc2ccccc2)cc1)=NNC(=O)c1cccc(I)c1. The maximum absolute atomic E-state index is 12.2. The summed E-state index contributed by atoms with van der Waals surface area (Å²) in [7, 11) is 0. The van der Waals surface area contributed by atoms with Crippen LogP contribution in [0.25, 0.3) is 0 Å². The van der Waals surface area contributed by atoms with Crippen LogP contribution in [0.5, 0.6) is 0 Å². The Morgan fingerprint density at radius 2 is 1.53 bits per heavy atom. The number of carbonyl (C=O) groups excluding carboxylic acids is 2. The summed E-state index contributed by atoms with van der Waals surface area (Å²) >= 11 is 2.14. The number of anilines is 3. The molecule has 0 saturated heterocycles. The maximum Gasteiger partial charge on any atom is 0.271 e. The predicted molar refractivity (Wildman–Crippen MR) is 129 cm³/mol. The van der Waals surface area contributed by atoms with Gasteiger partial charge in [0.15, 0.2) is 0 Å². The van der Waals surface area contributed by atoms with Gasteiger partial charge in [0.1, 0.15) is 0 Å². The fraction of sp³-hybridized carbons (Fsp3) is 0.0870. The van der Waals surface area contributed by atoms with Crippen molar-refractivity contribution in [1.82, 2.24) is 5.43 Å². The maximum atomic E-state index is 12.2. The van der Waals surface area contributed by atoms with Gasteiger partial charge in [-0.1, -0.05) is 24.3 Å². The molecule has 3 aromatic rings. The number of nitrogens with zero attached hydrogens (tertiary/aromatic N) is 1. The van der Waals surface area contributed by atoms with E-state index >= 15 is 0 Å². The lowest BCUT2D eigenvalue weighted by Crippen LogP contribution is -2.21. The molecule has 3 rings (SSSR count). The van der Waals surface area contributed by atoms with Crippen LogP contribution in [-0.4, -0.2) is 17.5 Å². The number of nitrogens with one attached hydrogen (secondary N) is 3. The molecule has 0 bridgehead atoms. The lowest BCUT2D eigenvalue weighted by atomic mass is 10.2. The van der Waals surface area contributed by atoms with Gasteiger partial charge in [0, 0.05) is 31.9 Å². The second-order valence-corrected chi connectivity index (χ2v) is 7.84. The lowest BCUT2D eigenvalue weighted by Gasteiger charge is -2.09. The number of rotatable bonds is 7. The van der Waals surface area contributed by atoms with Crippen molar-refractivity contribution in [3.05, 3.63) is 88.0 Å². The minimum absolute atomic E-state index is 0.0800. The molecule has 30 heavy (non-hydrogen) atoms. The zero-order chi connectivity index (χ0) is 21.3. The van der Waals surface area contributed by atoms with Gasteiger partial charge < -0.3 is 10.6 Å². The minimum Gasteiger partial charge on any atom is -0.356 e. The van der Waals surface area contributed by atoms with Gasteiger partial charge >= 0.3 is 0 Å². The van der Waals surface area contributed by atoms with Gasteiger partial charge in [0.2, 0.25) is 5.91 Å². The zero-order valence-corrected chi connectivity index (χ0v) is 18.5. The average molecular weight is 512 g/mol. The van der Waals surface area contributed by atoms with Crippen LogP contribution >= 0.6 is 22.6 Å². The second kappa shape index (κ2) is 10.5. The molecule has 3 aromatic carbocycles. The molecule has 152 valence electrons. The van der Waals surface area contributed by atoms with Crippen LogP contribution in [0.3, 0.4) is 0 Å². The van der Waals surface area contributed by atoms with Crippen LogP contribution in [0.1, 0.15) is 23.7 Å². The highest BCUT2D eigenvalue weighted by Gasteiger charge is 2.07. The van der Waals surface area contributed by atoms with E-state index in [2.05, 4.69) is 43.8 Å². The molecule has 2 amide bonds. The summed E-state index contributed by atoms with van der Waals surface area (Å²) in [5, 5.41) is 10.1. The summed E-state index contributed by atoms with van der Waals surface area (Å²) in [6.07, 6.45) is 0.0800. The van der Waals surface area contributed by atoms with Crippen molar-refractivity contribution in [2.75, 3.05) is 10.6 Å². The van der Waals surface area contributed by atoms with Gasteiger partial charge in [-0.3, -0.25) is 9.59 Å². The molecular formula is C23H21IN4O2. The molecule has 6 nitrogen and oxygen atoms in total. The molecule has 0 saturated carbocycles. The normalized spacial score (nSPS) is 10.9. The smallest absolute Gasteiger partial charge is 0.271 e. The quantitative estimate of drug-likeness (QED) is 0.232. The van der Waals surface area contributed by atoms with E-state index in [1.807, 2.05) is 60.7 Å². The van der Waals surface area contributed by atoms with E-state index in [0.29, 0.717) is 17.0 Å². The lowest BCUT2D eigenvalue weighted by molar-refractivity contribution is -0.115. The van der Waals surface area contributed by atoms with Crippen LogP contribution in [0.2, 0.25) is 0 Å². The van der Waals surface area contributed by atoms with E-state index in [-0.39, 0.29) is 18.2 Å². The summed E-state index contributed by atoms with van der Waals surface area (Å²) in [5.41, 5.74) is 6.12. The minimum atomic E-state index is -0.310. The van der Waals surface area contributed by atoms with Crippen molar-refractivity contribution in [3.63, 3.8) is 0 Å². The van der Waals surface area contributed by atoms with Crippen molar-refractivity contribution in [2.45, 2.75) is 13.3 Å². The summed E-state index contributed by atoms with van der Waals surface area (Å²) in [6, 6.07) is 24.5. The highest BCUT2D eigenvalue weighted by Crippen LogP contribution is 2.18. The van der Waals surface area contributed by atoms with Gasteiger partial charge in [-0.2, -0.15) is 5.10 Å². The molecule has 0 heterocycles. The first kappa shape index (κ1) is 21.5. The molecule has 0 aliphatic rings. The molecule has 0 aromatic heterocycles. The van der Waals surface area contributed by atoms with Crippen LogP contribution < -0.4 is 16.1 Å². The molecule has 0 aliphatic heterocycles. The van der Waals surface area contributed by atoms with Gasteiger partial charge in [0.25, 0.3) is 5.91 Å². The number of amides is 2. The first-order valence-electron chi connectivity index (χ1n) is 9.30. The largest absolute Gasteiger partial charge is 0.356 e. The van der Waals surface area contributed by atoms with Crippen LogP contribution in [0.4, 0.5) is 17.1 Å². The average Bonchev–Trinajstić information content (AvgIpc) is 2.74. The van der Waals surface area contributed by atoms with Crippen molar-refractivity contribution in [2.24, 2.45) is 5.10 Å². The third-order valence-corrected chi connectivity index (χ3v) is 4.75. The number of hydrogen-bond donors (Lipinski definition) is 3. The highest BCUT2D eigenvalue weighted by molar-refractivity contribution is 14.1. The van der Waals surface area contributed by atoms with E-state index in [1.165, 1.54) is 0 Å². The summed E-state index contributed by atoms with van der Waals surface area (Å²) < 4.78 is 0.963. The van der Waals surface area contributed by atoms with E-state index in [9.17, 15) is 9.59 Å². The molecule has 0 fully saturated rings. The monoisotopic (exact) mass is 512 g/mol. The first-order chi connectivity index (χ1) is 14.5. The van der Waals surface area contributed by atoms with Crippen molar-refractivity contribution >= 4 is 57.2 Å². The van der Waals surface area contributed by atoms with Crippen LogP contribution in [0.15, 0.2) is 84.0 Å². The van der Waals surface area contributed by atoms with E-state index < -0.39 is 0 Å². The van der Waals surface area contributed by atoms with Crippen LogP contribution in [-0.2, 0) is 4.79 Å². The van der Waals surface area contributed by atoms with Crippen molar-refractivity contribution < 1.29 is 9.59 Å². The zero-order valence-electron chi connectivity index (χ0n) is 16.4. The fourth-order valence-electron chi connectivity index (χ4n) is 2.64. The number of hydrogen-bond acceptors (Lipinski definition) is 4. The number of benzene rings is 3. The number of carbonyl (C=O) groups is 2. The Kier molecular flexibility index (Phi) is 7.56. The van der Waals surface area contributed by atoms with Crippen LogP contribution in [0, 0.1) is 3.57 Å². The Morgan fingerprint density at radius 3 is 2.23 bits per heavy atom. The Morgan fingerprint density at radius 1 is 0.867 bits per heavy atom. The van der Waals surface area contributed by atoms with Crippen molar-refractivity contribution in [3.8, 4) is 0 Å². The summed E-state index contributed by atoms with van der Waals surface area (Å²) in [5.74, 6) is -0.515. The molecule has 0 unspecified atom stereocenters. The van der Waals surface area contributed by atoms with E-state index in [1.54, 1.807) is 25.1 Å². The molecule has 0 atom stereocenters. The first-order valence-corrected chi connectivity index (χ1v) is 10.4. The molecule has 7 heteroatoms. The highest BCUT2D eigenvalue weighted by atomic mass is 127. The number of para-hydroxylation sites is 1. The Hall–Kier alpha value is -3.20. The molecule has 3 N–H and O–H groups in total. The third-order valence-electron chi connectivity index (χ3n) is 4.08. The van der Waals surface area contributed by atoms with Gasteiger partial charge in [-0.25, -0.2) is 5.43 Å². The summed E-state index contributed by atoms with van der Waals surface area (Å²) in [4.78, 5) is 24.3. The molecule has 0 spiro atoms. The van der Waals surface area contributed by atoms with Gasteiger partial charge in [-0.15, -0.1) is 0 Å². The van der Waals surface area contributed by atoms with E-state index in [4.69, 9.17) is 0 Å². The second-order valence-electron chi connectivity index (χ2n) is 6.59. The molecular weight excluding hydrogens is 491 g/mol. The Balaban J connectivity index is 1.49. The van der Waals surface area contributed by atoms with Gasteiger partial charge in [-0.05, 0) is 84.1 Å². The van der Waals surface area contributed by atoms with Crippen molar-refractivity contribution in [1.29, 1.82) is 0 Å². The molecule has 0 radical (unpaired) electrons. The Bertz CT molecular complexity index is 1050. The standard InChI is InChI=1S/C23H21IN4O2/c1-16(27-28-23(30)17-6-5-7-18(24)15-17)14-22(29)26-21-12-10-20(11-13-21)25-19-8-3-2-4-9-19/h2-13,15,25H,14H2,1H3,(H,26,29)(H,28,30). The third kappa shape index (κ3) is 6.70. The molecule has 0 aliphatic carbocycles. The fourth-order valence-corrected chi connectivity index (χ4v) is 3.19. The topological polar surface area (TPSA) is 82.6 Å². The number of hydrazone groups is 1. The Labute approximate surface area is 188 Å².